The number of nitrogens with zero attached hydrogens (tertiary/aromatic N) is 7. The van der Waals surface area contributed by atoms with E-state index in [2.05, 4.69) is 25.9 Å². The van der Waals surface area contributed by atoms with Crippen molar-refractivity contribution in [3.63, 3.8) is 0 Å². The second-order valence-electron chi connectivity index (χ2n) is 7.05. The Bertz CT molecular complexity index is 1010. The molecule has 0 N–H and O–H groups in total. The van der Waals surface area contributed by atoms with Crippen LogP contribution < -0.4 is 15.4 Å². The lowest BCUT2D eigenvalue weighted by molar-refractivity contribution is 0.620. The van der Waals surface area contributed by atoms with E-state index < -0.39 is 0 Å². The normalized spacial score (nSPS) is 17.9. The molecule has 1 aliphatic carbocycles. The summed E-state index contributed by atoms with van der Waals surface area (Å²) in [5.74, 6) is 2.48. The Kier molecular flexibility index (Phi) is 3.44. The highest BCUT2D eigenvalue weighted by Crippen LogP contribution is 2.40. The number of anilines is 2. The Balaban J connectivity index is 1.37. The SMILES string of the molecule is Cn1nc(N2CCN(c3nccn4nc(C5CC5)cc34)CC2)ccc1=O. The molecule has 8 nitrogen and oxygen atoms in total. The van der Waals surface area contributed by atoms with Crippen molar-refractivity contribution in [3.8, 4) is 0 Å². The first-order valence-electron chi connectivity index (χ1n) is 9.07. The maximum atomic E-state index is 11.5. The number of aromatic nitrogens is 5. The van der Waals surface area contributed by atoms with Crippen molar-refractivity contribution in [3.05, 3.63) is 46.6 Å². The lowest BCUT2D eigenvalue weighted by Crippen LogP contribution is -2.47. The zero-order chi connectivity index (χ0) is 17.7. The molecule has 1 saturated heterocycles. The van der Waals surface area contributed by atoms with Crippen LogP contribution in [0.25, 0.3) is 5.52 Å². The molecule has 1 saturated carbocycles. The van der Waals surface area contributed by atoms with Gasteiger partial charge in [0, 0.05) is 57.6 Å². The summed E-state index contributed by atoms with van der Waals surface area (Å²) < 4.78 is 3.34. The molecule has 2 fully saturated rings. The molecule has 3 aromatic rings. The molecule has 1 aliphatic heterocycles. The van der Waals surface area contributed by atoms with Crippen molar-refractivity contribution in [2.45, 2.75) is 18.8 Å². The van der Waals surface area contributed by atoms with Gasteiger partial charge in [-0.05, 0) is 25.0 Å². The van der Waals surface area contributed by atoms with Crippen molar-refractivity contribution in [1.82, 2.24) is 24.4 Å². The van der Waals surface area contributed by atoms with Gasteiger partial charge in [-0.2, -0.15) is 10.2 Å². The van der Waals surface area contributed by atoms with Crippen LogP contribution in [0.2, 0.25) is 0 Å². The van der Waals surface area contributed by atoms with Gasteiger partial charge in [0.05, 0.1) is 5.69 Å². The van der Waals surface area contributed by atoms with Gasteiger partial charge in [-0.25, -0.2) is 14.2 Å². The largest absolute Gasteiger partial charge is 0.352 e. The van der Waals surface area contributed by atoms with E-state index in [0.717, 1.165) is 43.3 Å². The van der Waals surface area contributed by atoms with Gasteiger partial charge in [0.15, 0.2) is 5.82 Å². The van der Waals surface area contributed by atoms with Crippen LogP contribution >= 0.6 is 0 Å². The highest BCUT2D eigenvalue weighted by Gasteiger charge is 2.28. The summed E-state index contributed by atoms with van der Waals surface area (Å²) in [7, 11) is 1.68. The van der Waals surface area contributed by atoms with E-state index in [4.69, 9.17) is 5.10 Å². The fourth-order valence-corrected chi connectivity index (χ4v) is 3.56. The maximum absolute atomic E-state index is 11.5. The predicted octanol–water partition coefficient (Wildman–Crippen LogP) is 1.03. The summed E-state index contributed by atoms with van der Waals surface area (Å²) in [6.07, 6.45) is 6.25. The van der Waals surface area contributed by atoms with Gasteiger partial charge in [0.2, 0.25) is 0 Å². The minimum absolute atomic E-state index is 0.0875. The topological polar surface area (TPSA) is 71.6 Å². The lowest BCUT2D eigenvalue weighted by Gasteiger charge is -2.36. The highest BCUT2D eigenvalue weighted by atomic mass is 16.1. The molecule has 0 spiro atoms. The Hall–Kier alpha value is -2.90. The van der Waals surface area contributed by atoms with Gasteiger partial charge in [-0.15, -0.1) is 0 Å². The molecule has 0 amide bonds. The van der Waals surface area contributed by atoms with E-state index in [1.54, 1.807) is 19.2 Å². The summed E-state index contributed by atoms with van der Waals surface area (Å²) in [5, 5.41) is 9.06. The van der Waals surface area contributed by atoms with E-state index in [1.807, 2.05) is 16.9 Å². The molecule has 2 aliphatic rings. The van der Waals surface area contributed by atoms with E-state index >= 15 is 0 Å². The smallest absolute Gasteiger partial charge is 0.266 e. The molecular formula is C18H21N7O. The molecule has 134 valence electrons. The van der Waals surface area contributed by atoms with E-state index in [9.17, 15) is 4.79 Å². The van der Waals surface area contributed by atoms with E-state index in [1.165, 1.54) is 23.2 Å². The van der Waals surface area contributed by atoms with Gasteiger partial charge in [-0.3, -0.25) is 4.79 Å². The van der Waals surface area contributed by atoms with Crippen LogP contribution in [0.3, 0.4) is 0 Å². The Morgan fingerprint density at radius 1 is 1.04 bits per heavy atom. The molecule has 0 aromatic carbocycles. The average molecular weight is 351 g/mol. The number of piperazine rings is 1. The third kappa shape index (κ3) is 2.61. The van der Waals surface area contributed by atoms with Crippen LogP contribution in [0.5, 0.6) is 0 Å². The zero-order valence-electron chi connectivity index (χ0n) is 14.7. The molecule has 0 radical (unpaired) electrons. The van der Waals surface area contributed by atoms with Crippen LogP contribution in [0, 0.1) is 0 Å². The molecule has 5 rings (SSSR count). The average Bonchev–Trinajstić information content (AvgIpc) is 3.42. The predicted molar refractivity (Wildman–Crippen MR) is 98.9 cm³/mol. The molecular weight excluding hydrogens is 330 g/mol. The molecule has 0 bridgehead atoms. The van der Waals surface area contributed by atoms with Crippen LogP contribution in [-0.2, 0) is 7.05 Å². The monoisotopic (exact) mass is 351 g/mol. The van der Waals surface area contributed by atoms with E-state index in [-0.39, 0.29) is 5.56 Å². The summed E-state index contributed by atoms with van der Waals surface area (Å²) in [6.45, 7) is 3.41. The number of fused-ring (bicyclic) bond motifs is 1. The van der Waals surface area contributed by atoms with Gasteiger partial charge in [0.1, 0.15) is 11.3 Å². The summed E-state index contributed by atoms with van der Waals surface area (Å²) in [4.78, 5) is 20.7. The van der Waals surface area contributed by atoms with Gasteiger partial charge in [0.25, 0.3) is 5.56 Å². The van der Waals surface area contributed by atoms with Crippen LogP contribution in [0.15, 0.2) is 35.4 Å². The molecule has 0 unspecified atom stereocenters. The Morgan fingerprint density at radius 3 is 2.54 bits per heavy atom. The second-order valence-corrected chi connectivity index (χ2v) is 7.05. The third-order valence-electron chi connectivity index (χ3n) is 5.23. The van der Waals surface area contributed by atoms with Gasteiger partial charge < -0.3 is 9.80 Å². The second kappa shape index (κ2) is 5.82. The zero-order valence-corrected chi connectivity index (χ0v) is 14.7. The minimum Gasteiger partial charge on any atom is -0.352 e. The summed E-state index contributed by atoms with van der Waals surface area (Å²) >= 11 is 0. The first kappa shape index (κ1) is 15.4. The lowest BCUT2D eigenvalue weighted by atomic mass is 10.2. The Labute approximate surface area is 150 Å². The third-order valence-corrected chi connectivity index (χ3v) is 5.23. The highest BCUT2D eigenvalue weighted by molar-refractivity contribution is 5.70. The number of aryl methyl sites for hydroxylation is 1. The van der Waals surface area contributed by atoms with Crippen molar-refractivity contribution in [2.75, 3.05) is 36.0 Å². The van der Waals surface area contributed by atoms with Crippen LogP contribution in [0.1, 0.15) is 24.5 Å². The van der Waals surface area contributed by atoms with Crippen molar-refractivity contribution >= 4 is 17.2 Å². The molecule has 4 heterocycles. The van der Waals surface area contributed by atoms with Crippen LogP contribution in [-0.4, -0.2) is 50.6 Å². The minimum atomic E-state index is -0.0875. The van der Waals surface area contributed by atoms with Gasteiger partial charge >= 0.3 is 0 Å². The number of rotatable bonds is 3. The first-order chi connectivity index (χ1) is 12.7. The summed E-state index contributed by atoms with van der Waals surface area (Å²) in [6, 6.07) is 5.57. The molecule has 3 aromatic heterocycles. The van der Waals surface area contributed by atoms with E-state index in [0.29, 0.717) is 5.92 Å². The first-order valence-corrected chi connectivity index (χ1v) is 9.07. The van der Waals surface area contributed by atoms with Crippen molar-refractivity contribution in [1.29, 1.82) is 0 Å². The fourth-order valence-electron chi connectivity index (χ4n) is 3.56. The van der Waals surface area contributed by atoms with Crippen LogP contribution in [0.4, 0.5) is 11.6 Å². The molecule has 26 heavy (non-hydrogen) atoms. The molecule has 0 atom stereocenters. The Morgan fingerprint density at radius 2 is 1.81 bits per heavy atom. The number of hydrogen-bond acceptors (Lipinski definition) is 6. The maximum Gasteiger partial charge on any atom is 0.266 e. The van der Waals surface area contributed by atoms with Crippen molar-refractivity contribution in [2.24, 2.45) is 7.05 Å². The fraction of sp³-hybridized carbons (Fsp3) is 0.444. The quantitative estimate of drug-likeness (QED) is 0.702. The number of hydrogen-bond donors (Lipinski definition) is 0. The van der Waals surface area contributed by atoms with Gasteiger partial charge in [-0.1, -0.05) is 0 Å². The molecule has 8 heteroatoms. The standard InChI is InChI=1S/C18H21N7O/c1-22-17(26)5-4-16(21-22)23-8-10-24(11-9-23)18-15-12-14(13-2-3-13)20-25(15)7-6-19-18/h4-7,12-13H,2-3,8-11H2,1H3. The van der Waals surface area contributed by atoms with Crippen molar-refractivity contribution < 1.29 is 0 Å². The summed E-state index contributed by atoms with van der Waals surface area (Å²) in [5.41, 5.74) is 2.19.